The topological polar surface area (TPSA) is 71.5 Å². The molecule has 1 aromatic heterocycles. The number of aromatic nitrogens is 1. The van der Waals surface area contributed by atoms with Gasteiger partial charge >= 0.3 is 12.0 Å². The highest BCUT2D eigenvalue weighted by atomic mass is 35.5. The van der Waals surface area contributed by atoms with Crippen molar-refractivity contribution in [2.45, 2.75) is 68.5 Å². The Morgan fingerprint density at radius 3 is 2.82 bits per heavy atom. The minimum absolute atomic E-state index is 0.109. The van der Waals surface area contributed by atoms with Crippen LogP contribution >= 0.6 is 34.7 Å². The molecule has 3 rings (SSSR count). The Hall–Kier alpha value is -1.77. The molecule has 2 aromatic rings. The van der Waals surface area contributed by atoms with Gasteiger partial charge in [-0.3, -0.25) is 10.1 Å². The number of rotatable bonds is 10. The second kappa shape index (κ2) is 12.6. The van der Waals surface area contributed by atoms with Crippen LogP contribution in [0.3, 0.4) is 0 Å². The summed E-state index contributed by atoms with van der Waals surface area (Å²) in [6, 6.07) is 7.79. The van der Waals surface area contributed by atoms with Crippen LogP contribution in [0.15, 0.2) is 34.7 Å². The van der Waals surface area contributed by atoms with Crippen LogP contribution in [0.4, 0.5) is 9.93 Å². The van der Waals surface area contributed by atoms with Crippen LogP contribution < -0.4 is 5.32 Å². The molecule has 6 nitrogen and oxygen atoms in total. The smallest absolute Gasteiger partial charge is 0.324 e. The first kappa shape index (κ1) is 25.8. The summed E-state index contributed by atoms with van der Waals surface area (Å²) in [6.45, 7) is 5.03. The fraction of sp³-hybridized carbons (Fsp3) is 0.542. The monoisotopic (exact) mass is 509 g/mol. The first-order valence-corrected chi connectivity index (χ1v) is 13.6. The number of amides is 2. The van der Waals surface area contributed by atoms with Crippen LogP contribution in [0.2, 0.25) is 5.02 Å². The molecule has 0 bridgehead atoms. The van der Waals surface area contributed by atoms with E-state index < -0.39 is 0 Å². The predicted octanol–water partition coefficient (Wildman–Crippen LogP) is 6.64. The van der Waals surface area contributed by atoms with Crippen LogP contribution in [0.25, 0.3) is 0 Å². The highest BCUT2D eigenvalue weighted by Crippen LogP contribution is 2.35. The second-order valence-corrected chi connectivity index (χ2v) is 11.2. The summed E-state index contributed by atoms with van der Waals surface area (Å²) in [6.07, 6.45) is 8.94. The zero-order valence-electron chi connectivity index (χ0n) is 19.3. The Morgan fingerprint density at radius 2 is 2.09 bits per heavy atom. The van der Waals surface area contributed by atoms with Gasteiger partial charge in [0.05, 0.1) is 22.8 Å². The third-order valence-corrected chi connectivity index (χ3v) is 8.22. The Bertz CT molecular complexity index is 931. The summed E-state index contributed by atoms with van der Waals surface area (Å²) in [4.78, 5) is 31.3. The van der Waals surface area contributed by atoms with Crippen LogP contribution in [0, 0.1) is 0 Å². The lowest BCUT2D eigenvalue weighted by atomic mass is 9.82. The number of hydrogen-bond donors (Lipinski definition) is 1. The van der Waals surface area contributed by atoms with Gasteiger partial charge in [0.1, 0.15) is 0 Å². The number of nitrogens with zero attached hydrogens (tertiary/aromatic N) is 2. The molecule has 1 aromatic carbocycles. The molecule has 1 aliphatic carbocycles. The lowest BCUT2D eigenvalue weighted by molar-refractivity contribution is -0.139. The van der Waals surface area contributed by atoms with Gasteiger partial charge in [-0.2, -0.15) is 0 Å². The summed E-state index contributed by atoms with van der Waals surface area (Å²) in [5.41, 5.74) is 1.02. The number of nitrogens with one attached hydrogen (secondary N) is 1. The molecule has 0 radical (unpaired) electrons. The number of hydrogen-bond acceptors (Lipinski definition) is 6. The van der Waals surface area contributed by atoms with Crippen LogP contribution in [-0.4, -0.2) is 46.3 Å². The molecule has 1 fully saturated rings. The van der Waals surface area contributed by atoms with Gasteiger partial charge in [0.25, 0.3) is 0 Å². The molecule has 0 atom stereocenters. The lowest BCUT2D eigenvalue weighted by Gasteiger charge is -2.44. The van der Waals surface area contributed by atoms with Crippen molar-refractivity contribution in [3.05, 3.63) is 41.0 Å². The second-order valence-electron chi connectivity index (χ2n) is 8.45. The molecule has 0 saturated heterocycles. The average Bonchev–Trinajstić information content (AvgIpc) is 3.23. The quantitative estimate of drug-likeness (QED) is 0.287. The van der Waals surface area contributed by atoms with Gasteiger partial charge in [-0.25, -0.2) is 9.78 Å². The van der Waals surface area contributed by atoms with Crippen molar-refractivity contribution in [1.29, 1.82) is 0 Å². The minimum atomic E-state index is -0.252. The van der Waals surface area contributed by atoms with Crippen molar-refractivity contribution in [1.82, 2.24) is 9.88 Å². The molecule has 0 aliphatic heterocycles. The zero-order valence-corrected chi connectivity index (χ0v) is 21.7. The van der Waals surface area contributed by atoms with E-state index in [-0.39, 0.29) is 23.3 Å². The third-order valence-electron chi connectivity index (χ3n) is 5.90. The largest absolute Gasteiger partial charge is 0.465 e. The molecule has 2 amide bonds. The SMILES string of the molecule is CCOC(=O)CSc1cnc(NC(=O)N(CCCc2cccc(Cl)c2)C2(C)CCCCC2)s1. The number of halogens is 1. The van der Waals surface area contributed by atoms with E-state index in [2.05, 4.69) is 23.3 Å². The first-order chi connectivity index (χ1) is 15.9. The number of urea groups is 1. The average molecular weight is 510 g/mol. The van der Waals surface area contributed by atoms with Gasteiger partial charge in [0, 0.05) is 17.1 Å². The summed E-state index contributed by atoms with van der Waals surface area (Å²) < 4.78 is 5.83. The summed E-state index contributed by atoms with van der Waals surface area (Å²) in [5.74, 6) is -0.0190. The Balaban J connectivity index is 1.62. The van der Waals surface area contributed by atoms with Gasteiger partial charge < -0.3 is 9.64 Å². The molecule has 1 heterocycles. The molecule has 33 heavy (non-hydrogen) atoms. The van der Waals surface area contributed by atoms with E-state index in [1.807, 2.05) is 23.1 Å². The maximum absolute atomic E-state index is 13.4. The number of esters is 1. The highest BCUT2D eigenvalue weighted by Gasteiger charge is 2.36. The Labute approximate surface area is 209 Å². The molecule has 9 heteroatoms. The minimum Gasteiger partial charge on any atom is -0.465 e. The molecule has 1 saturated carbocycles. The molecule has 180 valence electrons. The molecule has 1 N–H and O–H groups in total. The zero-order chi connectivity index (χ0) is 23.7. The van der Waals surface area contributed by atoms with E-state index in [4.69, 9.17) is 16.3 Å². The maximum Gasteiger partial charge on any atom is 0.324 e. The van der Waals surface area contributed by atoms with Crippen molar-refractivity contribution >= 4 is 51.8 Å². The summed E-state index contributed by atoms with van der Waals surface area (Å²) >= 11 is 8.87. The summed E-state index contributed by atoms with van der Waals surface area (Å²) in [5, 5.41) is 4.28. The number of thioether (sulfide) groups is 1. The van der Waals surface area contributed by atoms with E-state index in [9.17, 15) is 9.59 Å². The standard InChI is InChI=1S/C24H32ClN3O3S2/c1-3-31-20(29)17-32-21-16-26-22(33-21)27-23(30)28(24(2)12-5-4-6-13-24)14-8-10-18-9-7-11-19(25)15-18/h7,9,11,15-16H,3-6,8,10,12-14,17H2,1-2H3,(H,26,27,30). The van der Waals surface area contributed by atoms with Crippen molar-refractivity contribution in [2.75, 3.05) is 24.2 Å². The van der Waals surface area contributed by atoms with Crippen molar-refractivity contribution in [3.8, 4) is 0 Å². The number of anilines is 1. The Morgan fingerprint density at radius 1 is 1.30 bits per heavy atom. The third kappa shape index (κ3) is 7.90. The number of carbonyl (C=O) groups excluding carboxylic acids is 2. The van der Waals surface area contributed by atoms with E-state index in [0.29, 0.717) is 18.3 Å². The van der Waals surface area contributed by atoms with E-state index in [1.54, 1.807) is 13.1 Å². The van der Waals surface area contributed by atoms with Gasteiger partial charge in [-0.1, -0.05) is 54.3 Å². The number of benzene rings is 1. The maximum atomic E-state index is 13.4. The van der Waals surface area contributed by atoms with Crippen LogP contribution in [-0.2, 0) is 16.0 Å². The fourth-order valence-electron chi connectivity index (χ4n) is 4.21. The number of aryl methyl sites for hydroxylation is 1. The van der Waals surface area contributed by atoms with Gasteiger partial charge in [0.2, 0.25) is 0 Å². The fourth-order valence-corrected chi connectivity index (χ4v) is 6.08. The number of carbonyl (C=O) groups is 2. The number of thiazole rings is 1. The van der Waals surface area contributed by atoms with Gasteiger partial charge in [-0.05, 0) is 57.2 Å². The van der Waals surface area contributed by atoms with Crippen molar-refractivity contribution in [2.24, 2.45) is 0 Å². The molecule has 0 unspecified atom stereocenters. The molecular formula is C24H32ClN3O3S2. The van der Waals surface area contributed by atoms with Gasteiger partial charge in [0.15, 0.2) is 5.13 Å². The number of ether oxygens (including phenoxy) is 1. The van der Waals surface area contributed by atoms with Crippen LogP contribution in [0.5, 0.6) is 0 Å². The predicted molar refractivity (Wildman–Crippen MR) is 136 cm³/mol. The van der Waals surface area contributed by atoms with Gasteiger partial charge in [-0.15, -0.1) is 11.8 Å². The van der Waals surface area contributed by atoms with Crippen molar-refractivity contribution < 1.29 is 14.3 Å². The lowest BCUT2D eigenvalue weighted by Crippen LogP contribution is -2.52. The molecular weight excluding hydrogens is 478 g/mol. The summed E-state index contributed by atoms with van der Waals surface area (Å²) in [7, 11) is 0. The first-order valence-electron chi connectivity index (χ1n) is 11.5. The van der Waals surface area contributed by atoms with E-state index in [1.165, 1.54) is 35.1 Å². The van der Waals surface area contributed by atoms with E-state index >= 15 is 0 Å². The Kier molecular flexibility index (Phi) is 9.89. The normalized spacial score (nSPS) is 15.1. The van der Waals surface area contributed by atoms with Crippen LogP contribution in [0.1, 0.15) is 57.9 Å². The molecule has 1 aliphatic rings. The van der Waals surface area contributed by atoms with E-state index in [0.717, 1.165) is 47.8 Å². The highest BCUT2D eigenvalue weighted by molar-refractivity contribution is 8.01. The van der Waals surface area contributed by atoms with Crippen molar-refractivity contribution in [3.63, 3.8) is 0 Å². The molecule has 0 spiro atoms.